The van der Waals surface area contributed by atoms with Crippen LogP contribution in [-0.4, -0.2) is 17.2 Å². The fraction of sp³-hybridized carbons (Fsp3) is 0.0714. The first-order chi connectivity index (χ1) is 9.28. The summed E-state index contributed by atoms with van der Waals surface area (Å²) in [6.07, 6.45) is 1.75. The molecule has 0 saturated heterocycles. The molecule has 1 aromatic carbocycles. The third-order valence-corrected chi connectivity index (χ3v) is 3.72. The molecule has 0 aliphatic heterocycles. The number of phenolic OH excluding ortho intramolecular Hbond substituents is 1. The number of fused-ring (bicyclic) bond motifs is 1. The molecule has 3 rings (SSSR count). The number of phenols is 1. The molecule has 0 spiro atoms. The molecule has 3 aromatic rings. The predicted octanol–water partition coefficient (Wildman–Crippen LogP) is 3.75. The van der Waals surface area contributed by atoms with E-state index >= 15 is 0 Å². The van der Waals surface area contributed by atoms with Crippen molar-refractivity contribution < 1.29 is 9.84 Å². The van der Waals surface area contributed by atoms with Crippen LogP contribution in [0.1, 0.15) is 0 Å². The Morgan fingerprint density at radius 2 is 2.16 bits per heavy atom. The second-order valence-electron chi connectivity index (χ2n) is 4.00. The Morgan fingerprint density at radius 3 is 3.00 bits per heavy atom. The van der Waals surface area contributed by atoms with Crippen molar-refractivity contribution in [1.29, 1.82) is 0 Å². The van der Waals surface area contributed by atoms with E-state index in [-0.39, 0.29) is 5.75 Å². The summed E-state index contributed by atoms with van der Waals surface area (Å²) >= 11 is 1.66. The second kappa shape index (κ2) is 4.78. The Bertz CT molecular complexity index is 724. The van der Waals surface area contributed by atoms with Gasteiger partial charge in [-0.2, -0.15) is 0 Å². The second-order valence-corrected chi connectivity index (χ2v) is 4.95. The number of aromatic nitrogens is 1. The van der Waals surface area contributed by atoms with E-state index in [0.717, 1.165) is 15.9 Å². The van der Waals surface area contributed by atoms with Crippen LogP contribution >= 0.6 is 11.3 Å². The first kappa shape index (κ1) is 11.8. The Kier molecular flexibility index (Phi) is 2.97. The normalized spacial score (nSPS) is 10.6. The maximum atomic E-state index is 9.87. The monoisotopic (exact) mass is 272 g/mol. The van der Waals surface area contributed by atoms with E-state index in [1.165, 1.54) is 0 Å². The maximum Gasteiger partial charge on any atom is 0.139 e. The Labute approximate surface area is 114 Å². The molecule has 0 amide bonds. The number of ether oxygens (including phenoxy) is 1. The topological polar surface area (TPSA) is 54.4 Å². The molecule has 0 aliphatic rings. The molecular formula is C14H12N2O2S. The van der Waals surface area contributed by atoms with E-state index < -0.39 is 0 Å². The fourth-order valence-electron chi connectivity index (χ4n) is 1.86. The van der Waals surface area contributed by atoms with E-state index in [1.54, 1.807) is 42.8 Å². The summed E-state index contributed by atoms with van der Waals surface area (Å²) in [5.74, 6) is 1.56. The van der Waals surface area contributed by atoms with Gasteiger partial charge in [0.05, 0.1) is 12.8 Å². The van der Waals surface area contributed by atoms with Gasteiger partial charge in [-0.25, -0.2) is 4.98 Å². The molecule has 4 nitrogen and oxygen atoms in total. The molecule has 0 radical (unpaired) electrons. The first-order valence-corrected chi connectivity index (χ1v) is 6.62. The molecule has 96 valence electrons. The predicted molar refractivity (Wildman–Crippen MR) is 77.6 cm³/mol. The van der Waals surface area contributed by atoms with Gasteiger partial charge in [-0.1, -0.05) is 0 Å². The molecule has 0 saturated carbocycles. The maximum absolute atomic E-state index is 9.87. The minimum Gasteiger partial charge on any atom is -0.506 e. The Morgan fingerprint density at radius 1 is 1.26 bits per heavy atom. The molecule has 19 heavy (non-hydrogen) atoms. The van der Waals surface area contributed by atoms with Gasteiger partial charge < -0.3 is 15.2 Å². The summed E-state index contributed by atoms with van der Waals surface area (Å²) in [6.45, 7) is 0. The molecular weight excluding hydrogens is 260 g/mol. The number of nitrogens with zero attached hydrogens (tertiary/aromatic N) is 1. The molecule has 2 aromatic heterocycles. The van der Waals surface area contributed by atoms with E-state index in [0.29, 0.717) is 11.4 Å². The number of rotatable bonds is 3. The number of benzene rings is 1. The van der Waals surface area contributed by atoms with Gasteiger partial charge in [0.15, 0.2) is 0 Å². The summed E-state index contributed by atoms with van der Waals surface area (Å²) in [6, 6.07) is 9.01. The lowest BCUT2D eigenvalue weighted by Gasteiger charge is -2.10. The lowest BCUT2D eigenvalue weighted by atomic mass is 10.2. The average molecular weight is 272 g/mol. The van der Waals surface area contributed by atoms with Gasteiger partial charge in [0.1, 0.15) is 17.3 Å². The SMILES string of the molecule is COc1ccc(O)c(Nc2nccc3sccc23)c1. The van der Waals surface area contributed by atoms with Gasteiger partial charge in [-0.3, -0.25) is 0 Å². The van der Waals surface area contributed by atoms with Crippen LogP contribution in [0.15, 0.2) is 41.9 Å². The third-order valence-electron chi connectivity index (χ3n) is 2.84. The van der Waals surface area contributed by atoms with Crippen LogP contribution in [0.3, 0.4) is 0 Å². The van der Waals surface area contributed by atoms with Crippen LogP contribution in [-0.2, 0) is 0 Å². The summed E-state index contributed by atoms with van der Waals surface area (Å²) in [5.41, 5.74) is 0.575. The van der Waals surface area contributed by atoms with Gasteiger partial charge in [0.2, 0.25) is 0 Å². The molecule has 0 bridgehead atoms. The van der Waals surface area contributed by atoms with Crippen LogP contribution < -0.4 is 10.1 Å². The Hall–Kier alpha value is -2.27. The molecule has 5 heteroatoms. The zero-order chi connectivity index (χ0) is 13.2. The van der Waals surface area contributed by atoms with E-state index in [1.807, 2.05) is 17.5 Å². The highest BCUT2D eigenvalue weighted by Gasteiger charge is 2.07. The van der Waals surface area contributed by atoms with Gasteiger partial charge in [-0.05, 0) is 29.6 Å². The van der Waals surface area contributed by atoms with Crippen molar-refractivity contribution in [3.05, 3.63) is 41.9 Å². The van der Waals surface area contributed by atoms with E-state index in [2.05, 4.69) is 10.3 Å². The number of hydrogen-bond acceptors (Lipinski definition) is 5. The van der Waals surface area contributed by atoms with Crippen molar-refractivity contribution in [2.24, 2.45) is 0 Å². The van der Waals surface area contributed by atoms with E-state index in [9.17, 15) is 5.11 Å². The lowest BCUT2D eigenvalue weighted by Crippen LogP contribution is -1.94. The minimum absolute atomic E-state index is 0.162. The number of aromatic hydroxyl groups is 1. The summed E-state index contributed by atoms with van der Waals surface area (Å²) in [5, 5.41) is 16.1. The van der Waals surface area contributed by atoms with E-state index in [4.69, 9.17) is 4.74 Å². The highest BCUT2D eigenvalue weighted by molar-refractivity contribution is 7.17. The average Bonchev–Trinajstić information content (AvgIpc) is 2.90. The van der Waals surface area contributed by atoms with Crippen LogP contribution in [0.5, 0.6) is 11.5 Å². The van der Waals surface area contributed by atoms with Crippen molar-refractivity contribution in [2.45, 2.75) is 0 Å². The largest absolute Gasteiger partial charge is 0.506 e. The summed E-state index contributed by atoms with van der Waals surface area (Å²) in [4.78, 5) is 4.31. The quantitative estimate of drug-likeness (QED) is 0.713. The first-order valence-electron chi connectivity index (χ1n) is 5.74. The van der Waals surface area contributed by atoms with Crippen molar-refractivity contribution in [3.8, 4) is 11.5 Å². The van der Waals surface area contributed by atoms with Crippen LogP contribution in [0.2, 0.25) is 0 Å². The third kappa shape index (κ3) is 2.20. The highest BCUT2D eigenvalue weighted by atomic mass is 32.1. The molecule has 2 N–H and O–H groups in total. The smallest absolute Gasteiger partial charge is 0.139 e. The number of anilines is 2. The van der Waals surface area contributed by atoms with Crippen molar-refractivity contribution in [3.63, 3.8) is 0 Å². The zero-order valence-corrected chi connectivity index (χ0v) is 11.1. The molecule has 2 heterocycles. The minimum atomic E-state index is 0.162. The summed E-state index contributed by atoms with van der Waals surface area (Å²) < 4.78 is 6.30. The zero-order valence-electron chi connectivity index (χ0n) is 10.3. The number of pyridine rings is 1. The van der Waals surface area contributed by atoms with Gasteiger partial charge >= 0.3 is 0 Å². The standard InChI is InChI=1S/C14H12N2O2S/c1-18-9-2-3-12(17)11(8-9)16-14-10-5-7-19-13(10)4-6-15-14/h2-8,17H,1H3,(H,15,16). The number of methoxy groups -OCH3 is 1. The molecule has 0 fully saturated rings. The lowest BCUT2D eigenvalue weighted by molar-refractivity contribution is 0.413. The van der Waals surface area contributed by atoms with Crippen LogP contribution in [0.25, 0.3) is 10.1 Å². The Balaban J connectivity index is 2.03. The number of hydrogen-bond donors (Lipinski definition) is 2. The fourth-order valence-corrected chi connectivity index (χ4v) is 2.65. The van der Waals surface area contributed by atoms with Crippen molar-refractivity contribution in [1.82, 2.24) is 4.98 Å². The van der Waals surface area contributed by atoms with Gasteiger partial charge in [0.25, 0.3) is 0 Å². The van der Waals surface area contributed by atoms with Crippen molar-refractivity contribution in [2.75, 3.05) is 12.4 Å². The highest BCUT2D eigenvalue weighted by Crippen LogP contribution is 2.33. The molecule has 0 aliphatic carbocycles. The molecule has 0 atom stereocenters. The number of nitrogens with one attached hydrogen (secondary N) is 1. The summed E-state index contributed by atoms with van der Waals surface area (Å²) in [7, 11) is 1.59. The van der Waals surface area contributed by atoms with Gasteiger partial charge in [-0.15, -0.1) is 11.3 Å². The van der Waals surface area contributed by atoms with Crippen LogP contribution in [0, 0.1) is 0 Å². The number of thiophene rings is 1. The van der Waals surface area contributed by atoms with Crippen LogP contribution in [0.4, 0.5) is 11.5 Å². The van der Waals surface area contributed by atoms with Crippen molar-refractivity contribution >= 4 is 32.9 Å². The van der Waals surface area contributed by atoms with Gasteiger partial charge in [0, 0.05) is 22.3 Å². The molecule has 0 unspecified atom stereocenters.